The number of anilines is 10. The van der Waals surface area contributed by atoms with Crippen LogP contribution in [-0.4, -0.2) is 17.5 Å². The standard InChI is InChI=1S/C104H113ClN6/c1-61(2)83-29-24-30-84(62(3)4)103(83)107-80-39-33-76(34-40-80)98(90-47-49-95(88-27-20-18-25-86(88)90)110-97-32-23-22-31-94(97)105)77-35-41-81(42-36-77)108-104-92(63(5)6)59-75(60-93(104)64(7)8)58-74-55-72(16)101(73(17)56-74)109-82-45-46-85(67(11)57-82)99(78-37-43-79(44-38-78)106-100-68(12)51-65(9)52-69(100)13)91-48-50-96(89-28-21-19-26-87(89)91)111-102-70(14)53-66(10)54-71(102)15/h18-21,24-30,33-57,59-64,81,94,97,99,106-111H,22-23,31-32,58H2,1-17H3. The molecule has 3 unspecified atom stereocenters. The third kappa shape index (κ3) is 16.8. The van der Waals surface area contributed by atoms with Gasteiger partial charge in [0.05, 0.1) is 11.4 Å². The summed E-state index contributed by atoms with van der Waals surface area (Å²) >= 11 is 7.02. The minimum absolute atomic E-state index is 0.0222. The summed E-state index contributed by atoms with van der Waals surface area (Å²) in [6.45, 7) is 38.4. The first-order chi connectivity index (χ1) is 53.4. The minimum atomic E-state index is -0.0502. The molecule has 2 aliphatic rings. The lowest BCUT2D eigenvalue weighted by Gasteiger charge is -2.29. The Kier molecular flexibility index (Phi) is 23.1. The van der Waals surface area contributed by atoms with Crippen LogP contribution in [0.2, 0.25) is 0 Å². The van der Waals surface area contributed by atoms with E-state index in [4.69, 9.17) is 11.6 Å². The Bertz CT molecular complexity index is 5410. The van der Waals surface area contributed by atoms with Gasteiger partial charge in [-0.15, -0.1) is 11.6 Å². The number of fused-ring (bicyclic) bond motifs is 2. The normalized spacial score (nSPS) is 15.3. The highest BCUT2D eigenvalue weighted by molar-refractivity contribution is 6.21. The molecule has 0 aliphatic heterocycles. The van der Waals surface area contributed by atoms with Crippen LogP contribution in [0.3, 0.4) is 0 Å². The lowest BCUT2D eigenvalue weighted by atomic mass is 9.80. The number of para-hydroxylation sites is 1. The van der Waals surface area contributed by atoms with Crippen LogP contribution in [0.5, 0.6) is 0 Å². The molecule has 6 nitrogen and oxygen atoms in total. The molecule has 0 heterocycles. The summed E-state index contributed by atoms with van der Waals surface area (Å²) in [7, 11) is 0. The van der Waals surface area contributed by atoms with E-state index in [1.807, 2.05) is 0 Å². The first-order valence-electron chi connectivity index (χ1n) is 40.7. The van der Waals surface area contributed by atoms with Crippen molar-refractivity contribution in [2.45, 2.75) is 197 Å². The van der Waals surface area contributed by atoms with Gasteiger partial charge in [0.15, 0.2) is 0 Å². The number of allylic oxidation sites excluding steroid dienone is 3. The van der Waals surface area contributed by atoms with Crippen LogP contribution < -0.4 is 31.9 Å². The Morgan fingerprint density at radius 3 is 1.40 bits per heavy atom. The smallest absolute Gasteiger partial charge is 0.0635 e. The third-order valence-corrected chi connectivity index (χ3v) is 23.9. The zero-order valence-electron chi connectivity index (χ0n) is 68.5. The quantitative estimate of drug-likeness (QED) is 0.0283. The second kappa shape index (κ2) is 33.2. The number of rotatable bonds is 23. The molecule has 14 rings (SSSR count). The van der Waals surface area contributed by atoms with Crippen molar-refractivity contribution >= 4 is 95.6 Å². The van der Waals surface area contributed by atoms with E-state index in [0.29, 0.717) is 11.8 Å². The Labute approximate surface area is 667 Å². The van der Waals surface area contributed by atoms with Gasteiger partial charge in [-0.25, -0.2) is 0 Å². The second-order valence-electron chi connectivity index (χ2n) is 33.3. The molecule has 12 aromatic carbocycles. The molecular formula is C104H113ClN6. The fourth-order valence-corrected chi connectivity index (χ4v) is 18.2. The number of nitrogens with one attached hydrogen (secondary N) is 6. The number of hydrogen-bond donors (Lipinski definition) is 6. The van der Waals surface area contributed by atoms with E-state index in [9.17, 15) is 0 Å². The number of halogens is 1. The first-order valence-corrected chi connectivity index (χ1v) is 41.1. The van der Waals surface area contributed by atoms with Gasteiger partial charge in [0.1, 0.15) is 0 Å². The van der Waals surface area contributed by atoms with Gasteiger partial charge in [-0.1, -0.05) is 261 Å². The minimum Gasteiger partial charge on any atom is -0.380 e. The Hall–Kier alpha value is -10.5. The summed E-state index contributed by atoms with van der Waals surface area (Å²) in [6, 6.07) is 78.1. The highest BCUT2D eigenvalue weighted by atomic mass is 35.5. The predicted octanol–water partition coefficient (Wildman–Crippen LogP) is 29.4. The maximum Gasteiger partial charge on any atom is 0.0635 e. The van der Waals surface area contributed by atoms with Crippen molar-refractivity contribution in [1.29, 1.82) is 0 Å². The van der Waals surface area contributed by atoms with Gasteiger partial charge in [-0.2, -0.15) is 0 Å². The highest BCUT2D eigenvalue weighted by Crippen LogP contribution is 2.46. The summed E-state index contributed by atoms with van der Waals surface area (Å²) in [5.41, 5.74) is 39.1. The summed E-state index contributed by atoms with van der Waals surface area (Å²) in [6.07, 6.45) is 14.8. The molecule has 0 saturated heterocycles. The molecule has 0 bridgehead atoms. The van der Waals surface area contributed by atoms with E-state index in [1.165, 1.54) is 168 Å². The van der Waals surface area contributed by atoms with Crippen LogP contribution in [0, 0.1) is 62.3 Å². The zero-order chi connectivity index (χ0) is 78.1. The largest absolute Gasteiger partial charge is 0.380 e. The van der Waals surface area contributed by atoms with E-state index in [0.717, 1.165) is 64.8 Å². The second-order valence-corrected chi connectivity index (χ2v) is 33.9. The topological polar surface area (TPSA) is 72.2 Å². The maximum absolute atomic E-state index is 7.02. The van der Waals surface area contributed by atoms with Crippen molar-refractivity contribution < 1.29 is 0 Å². The molecule has 0 aromatic heterocycles. The van der Waals surface area contributed by atoms with Crippen molar-refractivity contribution in [2.75, 3.05) is 31.9 Å². The average molecular weight is 1480 g/mol. The molecule has 1 fully saturated rings. The fourth-order valence-electron chi connectivity index (χ4n) is 17.8. The number of aryl methyl sites for hydroxylation is 9. The van der Waals surface area contributed by atoms with Crippen LogP contribution in [0.25, 0.3) is 27.1 Å². The van der Waals surface area contributed by atoms with E-state index in [2.05, 4.69) is 380 Å². The summed E-state index contributed by atoms with van der Waals surface area (Å²) < 4.78 is 0. The van der Waals surface area contributed by atoms with Crippen molar-refractivity contribution in [3.8, 4) is 0 Å². The molecule has 1 saturated carbocycles. The number of benzene rings is 12. The van der Waals surface area contributed by atoms with E-state index in [-0.39, 0.29) is 35.2 Å². The summed E-state index contributed by atoms with van der Waals surface area (Å²) in [5, 5.41) is 28.5. The highest BCUT2D eigenvalue weighted by Gasteiger charge is 2.28. The Morgan fingerprint density at radius 2 is 0.838 bits per heavy atom. The monoisotopic (exact) mass is 1480 g/mol. The number of alkyl halides is 1. The number of hydrogen-bond acceptors (Lipinski definition) is 6. The Balaban J connectivity index is 0.738. The van der Waals surface area contributed by atoms with E-state index >= 15 is 0 Å². The van der Waals surface area contributed by atoms with E-state index < -0.39 is 0 Å². The van der Waals surface area contributed by atoms with Gasteiger partial charge in [-0.05, 0) is 276 Å². The van der Waals surface area contributed by atoms with Crippen LogP contribution in [0.1, 0.15) is 222 Å². The zero-order valence-corrected chi connectivity index (χ0v) is 69.2. The Morgan fingerprint density at radius 1 is 0.369 bits per heavy atom. The lowest BCUT2D eigenvalue weighted by Crippen LogP contribution is -2.32. The van der Waals surface area contributed by atoms with Gasteiger partial charge in [0.2, 0.25) is 0 Å². The molecule has 2 aliphatic carbocycles. The van der Waals surface area contributed by atoms with Crippen LogP contribution >= 0.6 is 11.6 Å². The van der Waals surface area contributed by atoms with E-state index in [1.54, 1.807) is 0 Å². The first kappa shape index (κ1) is 77.2. The van der Waals surface area contributed by atoms with Crippen molar-refractivity contribution in [3.05, 3.63) is 347 Å². The molecule has 6 N–H and O–H groups in total. The lowest BCUT2D eigenvalue weighted by molar-refractivity contribution is 0.470. The molecule has 12 aromatic rings. The third-order valence-electron chi connectivity index (χ3n) is 23.3. The van der Waals surface area contributed by atoms with Crippen molar-refractivity contribution in [1.82, 2.24) is 0 Å². The molecule has 0 spiro atoms. The van der Waals surface area contributed by atoms with Gasteiger partial charge in [0.25, 0.3) is 0 Å². The molecule has 566 valence electrons. The molecule has 7 heteroatoms. The van der Waals surface area contributed by atoms with Gasteiger partial charge >= 0.3 is 0 Å². The van der Waals surface area contributed by atoms with Gasteiger partial charge in [0, 0.05) is 79.6 Å². The SMILES string of the molecule is Cc1cc(C)c(Nc2ccc(C(c3ccc(Nc4c(C)cc(Cc5cc(C(C)C)c(NC6C=CC(=C(c7ccc(Nc8c(C(C)C)cccc8C(C)C)cc7)c7ccc(NC8CCCCC8Cl)c8ccccc78)C=C6)c(C(C)C)c5)cc4C)cc3C)c3ccc(Nc4c(C)cc(C)cc4C)c4ccccc34)cc2)c(C)c1. The molecule has 0 amide bonds. The van der Waals surface area contributed by atoms with Crippen LogP contribution in [0.15, 0.2) is 236 Å². The summed E-state index contributed by atoms with van der Waals surface area (Å²) in [5.74, 6) is 1.30. The van der Waals surface area contributed by atoms with Crippen molar-refractivity contribution in [3.63, 3.8) is 0 Å². The predicted molar refractivity (Wildman–Crippen MR) is 483 cm³/mol. The van der Waals surface area contributed by atoms with Crippen molar-refractivity contribution in [2.24, 2.45) is 0 Å². The average Bonchev–Trinajstić information content (AvgIpc) is 0.766. The summed E-state index contributed by atoms with van der Waals surface area (Å²) in [4.78, 5) is 0. The van der Waals surface area contributed by atoms with Crippen LogP contribution in [-0.2, 0) is 6.42 Å². The molecule has 111 heavy (non-hydrogen) atoms. The molecule has 0 radical (unpaired) electrons. The van der Waals surface area contributed by atoms with Gasteiger partial charge in [-0.3, -0.25) is 0 Å². The van der Waals surface area contributed by atoms with Crippen LogP contribution in [0.4, 0.5) is 56.9 Å². The molecule has 3 atom stereocenters. The molecular weight excluding hydrogens is 1370 g/mol. The fraction of sp³-hybridized carbons (Fsp3) is 0.288. The van der Waals surface area contributed by atoms with Gasteiger partial charge < -0.3 is 31.9 Å². The maximum atomic E-state index is 7.02.